The summed E-state index contributed by atoms with van der Waals surface area (Å²) < 4.78 is 1.00. The van der Waals surface area contributed by atoms with Crippen molar-refractivity contribution in [3.63, 3.8) is 0 Å². The molecule has 37 heavy (non-hydrogen) atoms. The zero-order valence-corrected chi connectivity index (χ0v) is 23.4. The van der Waals surface area contributed by atoms with Crippen molar-refractivity contribution < 1.29 is 19.5 Å². The van der Waals surface area contributed by atoms with E-state index in [1.807, 2.05) is 25.1 Å². The van der Waals surface area contributed by atoms with Gasteiger partial charge in [-0.2, -0.15) is 0 Å². The van der Waals surface area contributed by atoms with Gasteiger partial charge in [0.2, 0.25) is 5.91 Å². The highest BCUT2D eigenvalue weighted by Gasteiger charge is 2.29. The third kappa shape index (κ3) is 6.14. The van der Waals surface area contributed by atoms with Crippen molar-refractivity contribution in [2.45, 2.75) is 11.8 Å². The molecule has 0 fully saturated rings. The van der Waals surface area contributed by atoms with Gasteiger partial charge in [-0.05, 0) is 48.9 Å². The maximum absolute atomic E-state index is 12.9. The highest BCUT2D eigenvalue weighted by Crippen LogP contribution is 2.42. The van der Waals surface area contributed by atoms with Gasteiger partial charge >= 0.3 is 5.97 Å². The summed E-state index contributed by atoms with van der Waals surface area (Å²) in [5.74, 6) is -2.36. The summed E-state index contributed by atoms with van der Waals surface area (Å²) in [4.78, 5) is 42.1. The molecule has 0 aliphatic heterocycles. The monoisotopic (exact) mass is 613 g/mol. The smallest absolute Gasteiger partial charge is 0.338 e. The summed E-state index contributed by atoms with van der Waals surface area (Å²) in [5.41, 5.74) is 1.35. The van der Waals surface area contributed by atoms with Crippen LogP contribution < -0.4 is 10.6 Å². The minimum atomic E-state index is -1.48. The minimum Gasteiger partial charge on any atom is -0.478 e. The van der Waals surface area contributed by atoms with E-state index >= 15 is 0 Å². The Labute approximate surface area is 239 Å². The third-order valence-corrected chi connectivity index (χ3v) is 8.73. The second-order valence-electron chi connectivity index (χ2n) is 7.62. The minimum absolute atomic E-state index is 0.153. The number of amides is 2. The van der Waals surface area contributed by atoms with E-state index in [9.17, 15) is 19.5 Å². The van der Waals surface area contributed by atoms with Gasteiger partial charge in [0.05, 0.1) is 47.2 Å². The normalized spacial score (nSPS) is 10.9. The Kier molecular flexibility index (Phi) is 8.52. The first-order chi connectivity index (χ1) is 17.5. The highest BCUT2D eigenvalue weighted by molar-refractivity contribution is 8.00. The Morgan fingerprint density at radius 1 is 0.919 bits per heavy atom. The van der Waals surface area contributed by atoms with E-state index in [1.54, 1.807) is 24.3 Å². The number of nitrogens with zero attached hydrogens (tertiary/aromatic N) is 1. The van der Waals surface area contributed by atoms with Crippen molar-refractivity contribution in [3.8, 4) is 0 Å². The summed E-state index contributed by atoms with van der Waals surface area (Å²) >= 11 is 26.8. The van der Waals surface area contributed by atoms with Crippen LogP contribution in [0.15, 0.2) is 47.4 Å². The maximum Gasteiger partial charge on any atom is 0.338 e. The van der Waals surface area contributed by atoms with Crippen LogP contribution in [0, 0.1) is 6.92 Å². The second kappa shape index (κ2) is 11.5. The number of carbonyl (C=O) groups excluding carboxylic acids is 2. The molecule has 4 rings (SSSR count). The summed E-state index contributed by atoms with van der Waals surface area (Å²) in [7, 11) is 0. The second-order valence-corrected chi connectivity index (χ2v) is 11.2. The molecule has 0 aliphatic rings. The molecule has 0 aliphatic carbocycles. The number of aromatic nitrogens is 1. The fourth-order valence-corrected chi connectivity index (χ4v) is 5.96. The zero-order valence-electron chi connectivity index (χ0n) is 18.7. The fourth-order valence-electron chi connectivity index (χ4n) is 3.26. The van der Waals surface area contributed by atoms with Crippen molar-refractivity contribution in [2.75, 3.05) is 16.4 Å². The largest absolute Gasteiger partial charge is 0.478 e. The third-order valence-electron chi connectivity index (χ3n) is 4.98. The number of carboxylic acid groups (broad SMARTS) is 1. The quantitative estimate of drug-likeness (QED) is 0.111. The molecule has 0 unspecified atom stereocenters. The van der Waals surface area contributed by atoms with Crippen LogP contribution in [-0.4, -0.2) is 33.6 Å². The van der Waals surface area contributed by atoms with Gasteiger partial charge in [0.15, 0.2) is 5.13 Å². The molecule has 2 amide bonds. The average Bonchev–Trinajstić information content (AvgIpc) is 3.25. The van der Waals surface area contributed by atoms with Gasteiger partial charge in [0, 0.05) is 10.6 Å². The lowest BCUT2D eigenvalue weighted by molar-refractivity contribution is -0.113. The topological polar surface area (TPSA) is 108 Å². The Balaban J connectivity index is 1.40. The molecule has 0 saturated heterocycles. The van der Waals surface area contributed by atoms with Crippen LogP contribution in [0.3, 0.4) is 0 Å². The number of nitrogens with one attached hydrogen (secondary N) is 2. The first kappa shape index (κ1) is 27.5. The summed E-state index contributed by atoms with van der Waals surface area (Å²) in [6.45, 7) is 2.00. The molecule has 0 bridgehead atoms. The molecule has 0 atom stereocenters. The Morgan fingerprint density at radius 2 is 1.57 bits per heavy atom. The lowest BCUT2D eigenvalue weighted by atomic mass is 10.1. The number of hydrogen-bond acceptors (Lipinski definition) is 6. The molecule has 3 N–H and O–H groups in total. The van der Waals surface area contributed by atoms with E-state index in [0.717, 1.165) is 20.7 Å². The molecular weight excluding hydrogens is 600 g/mol. The van der Waals surface area contributed by atoms with Crippen LogP contribution >= 0.6 is 69.5 Å². The number of benzene rings is 3. The van der Waals surface area contributed by atoms with E-state index in [2.05, 4.69) is 15.6 Å². The highest BCUT2D eigenvalue weighted by atomic mass is 35.5. The van der Waals surface area contributed by atoms with Gasteiger partial charge in [-0.3, -0.25) is 9.59 Å². The first-order valence-corrected chi connectivity index (χ1v) is 13.7. The molecule has 0 radical (unpaired) electrons. The molecule has 1 heterocycles. The number of aromatic carboxylic acids is 1. The van der Waals surface area contributed by atoms with Crippen molar-refractivity contribution >= 4 is 108 Å². The number of carbonyl (C=O) groups is 3. The average molecular weight is 615 g/mol. The number of rotatable bonds is 7. The molecule has 1 aromatic heterocycles. The number of aryl methyl sites for hydroxylation is 1. The number of carboxylic acids is 1. The number of thiazole rings is 1. The lowest BCUT2D eigenvalue weighted by Gasteiger charge is -2.14. The molecule has 13 heteroatoms. The fraction of sp³-hybridized carbons (Fsp3) is 0.0833. The SMILES string of the molecule is Cc1ccc2nc(NC(=O)CSc3ccc(NC(=O)c4c(Cl)c(Cl)c(Cl)c(Cl)c4C(=O)O)cc3)sc2c1. The Bertz CT molecular complexity index is 1560. The van der Waals surface area contributed by atoms with Crippen LogP contribution in [0.1, 0.15) is 26.3 Å². The van der Waals surface area contributed by atoms with Gasteiger partial charge in [-0.25, -0.2) is 9.78 Å². The van der Waals surface area contributed by atoms with E-state index in [-0.39, 0.29) is 31.8 Å². The summed E-state index contributed by atoms with van der Waals surface area (Å²) in [6.07, 6.45) is 0. The molecule has 3 aromatic carbocycles. The molecule has 0 spiro atoms. The van der Waals surface area contributed by atoms with Crippen molar-refractivity contribution in [2.24, 2.45) is 0 Å². The van der Waals surface area contributed by atoms with Gasteiger partial charge in [0.25, 0.3) is 5.91 Å². The van der Waals surface area contributed by atoms with Crippen LogP contribution in [0.4, 0.5) is 10.8 Å². The van der Waals surface area contributed by atoms with Crippen molar-refractivity contribution in [1.29, 1.82) is 0 Å². The Hall–Kier alpha value is -2.53. The van der Waals surface area contributed by atoms with Gasteiger partial charge in [-0.1, -0.05) is 63.8 Å². The maximum atomic E-state index is 12.9. The van der Waals surface area contributed by atoms with Crippen LogP contribution in [0.2, 0.25) is 20.1 Å². The molecular formula is C24H15Cl4N3O4S2. The Morgan fingerprint density at radius 3 is 2.22 bits per heavy atom. The van der Waals surface area contributed by atoms with E-state index < -0.39 is 23.0 Å². The van der Waals surface area contributed by atoms with E-state index in [0.29, 0.717) is 10.8 Å². The number of fused-ring (bicyclic) bond motifs is 1. The summed E-state index contributed by atoms with van der Waals surface area (Å²) in [6, 6.07) is 12.5. The first-order valence-electron chi connectivity index (χ1n) is 10.4. The van der Waals surface area contributed by atoms with Gasteiger partial charge in [-0.15, -0.1) is 11.8 Å². The number of anilines is 2. The standard InChI is InChI=1S/C24H15Cl4N3O4S2/c1-10-2-7-13-14(8-10)37-24(30-13)31-15(32)9-36-12-5-3-11(4-6-12)29-22(33)16-17(23(34)35)19(26)21(28)20(27)18(16)25/h2-8H,9H2,1H3,(H,29,33)(H,34,35)(H,30,31,32). The molecule has 7 nitrogen and oxygen atoms in total. The zero-order chi connectivity index (χ0) is 26.9. The molecule has 4 aromatic rings. The predicted octanol–water partition coefficient (Wildman–Crippen LogP) is 7.90. The predicted molar refractivity (Wildman–Crippen MR) is 152 cm³/mol. The van der Waals surface area contributed by atoms with Crippen LogP contribution in [0.5, 0.6) is 0 Å². The van der Waals surface area contributed by atoms with Crippen molar-refractivity contribution in [3.05, 3.63) is 79.2 Å². The summed E-state index contributed by atoms with van der Waals surface area (Å²) in [5, 5.41) is 14.2. The van der Waals surface area contributed by atoms with E-state index in [1.165, 1.54) is 23.1 Å². The molecule has 0 saturated carbocycles. The van der Waals surface area contributed by atoms with Crippen molar-refractivity contribution in [1.82, 2.24) is 4.98 Å². The van der Waals surface area contributed by atoms with Crippen LogP contribution in [0.25, 0.3) is 10.2 Å². The number of thioether (sulfide) groups is 1. The van der Waals surface area contributed by atoms with Gasteiger partial charge in [0.1, 0.15) is 0 Å². The van der Waals surface area contributed by atoms with E-state index in [4.69, 9.17) is 46.4 Å². The number of hydrogen-bond donors (Lipinski definition) is 3. The lowest BCUT2D eigenvalue weighted by Crippen LogP contribution is -2.18. The molecule has 190 valence electrons. The van der Waals surface area contributed by atoms with Gasteiger partial charge < -0.3 is 15.7 Å². The van der Waals surface area contributed by atoms with Crippen LogP contribution in [-0.2, 0) is 4.79 Å². The number of halogens is 4.